The number of hydrogen-bond acceptors (Lipinski definition) is 1. The van der Waals surface area contributed by atoms with Crippen LogP contribution in [0.15, 0.2) is 0 Å². The Morgan fingerprint density at radius 1 is 1.36 bits per heavy atom. The van der Waals surface area contributed by atoms with Crippen LogP contribution in [0.25, 0.3) is 0 Å². The zero-order valence-corrected chi connectivity index (χ0v) is 9.81. The Bertz CT molecular complexity index is 233. The third kappa shape index (κ3) is 1.48. The van der Waals surface area contributed by atoms with Crippen LogP contribution < -0.4 is 0 Å². The van der Waals surface area contributed by atoms with Gasteiger partial charge in [0.15, 0.2) is 0 Å². The molecule has 82 valence electrons. The van der Waals surface area contributed by atoms with Crippen LogP contribution in [0.3, 0.4) is 0 Å². The Kier molecular flexibility index (Phi) is 2.19. The lowest BCUT2D eigenvalue weighted by molar-refractivity contribution is 0.0128. The summed E-state index contributed by atoms with van der Waals surface area (Å²) in [7, 11) is 0. The van der Waals surface area contributed by atoms with Gasteiger partial charge in [-0.3, -0.25) is 4.90 Å². The average molecular weight is 199 g/mol. The maximum absolute atomic E-state index is 14.0. The highest BCUT2D eigenvalue weighted by Gasteiger charge is 2.59. The SMILES string of the molecule is CC1CC12CCN(C(C)(C)C)CC2F. The van der Waals surface area contributed by atoms with E-state index in [0.717, 1.165) is 19.4 Å². The van der Waals surface area contributed by atoms with Gasteiger partial charge in [0.05, 0.1) is 0 Å². The first-order valence-corrected chi connectivity index (χ1v) is 5.75. The summed E-state index contributed by atoms with van der Waals surface area (Å²) in [6.07, 6.45) is 1.59. The van der Waals surface area contributed by atoms with Crippen molar-refractivity contribution < 1.29 is 4.39 Å². The van der Waals surface area contributed by atoms with E-state index in [1.165, 1.54) is 0 Å². The van der Waals surface area contributed by atoms with E-state index in [1.807, 2.05) is 0 Å². The highest BCUT2D eigenvalue weighted by Crippen LogP contribution is 2.60. The van der Waals surface area contributed by atoms with Crippen LogP contribution in [0.5, 0.6) is 0 Å². The molecule has 1 heterocycles. The van der Waals surface area contributed by atoms with Gasteiger partial charge in [0.1, 0.15) is 6.17 Å². The standard InChI is InChI=1S/C12H22FN/c1-9-7-12(9)5-6-14(8-10(12)13)11(2,3)4/h9-10H,5-8H2,1-4H3. The van der Waals surface area contributed by atoms with Gasteiger partial charge in [0, 0.05) is 17.5 Å². The third-order valence-electron chi connectivity index (χ3n) is 4.31. The second-order valence-electron chi connectivity index (χ2n) is 6.17. The van der Waals surface area contributed by atoms with Gasteiger partial charge in [-0.25, -0.2) is 4.39 Å². The van der Waals surface area contributed by atoms with Crippen LogP contribution in [0.1, 0.15) is 40.5 Å². The molecule has 1 saturated carbocycles. The van der Waals surface area contributed by atoms with Crippen LogP contribution in [0.4, 0.5) is 4.39 Å². The molecule has 3 unspecified atom stereocenters. The third-order valence-corrected chi connectivity index (χ3v) is 4.31. The number of hydrogen-bond donors (Lipinski definition) is 0. The van der Waals surface area contributed by atoms with Crippen molar-refractivity contribution >= 4 is 0 Å². The number of halogens is 1. The smallest absolute Gasteiger partial charge is 0.119 e. The van der Waals surface area contributed by atoms with Crippen LogP contribution in [0, 0.1) is 11.3 Å². The molecule has 1 saturated heterocycles. The van der Waals surface area contributed by atoms with Crippen LogP contribution in [0.2, 0.25) is 0 Å². The monoisotopic (exact) mass is 199 g/mol. The highest BCUT2D eigenvalue weighted by molar-refractivity contribution is 5.08. The first kappa shape index (κ1) is 10.4. The van der Waals surface area contributed by atoms with E-state index in [0.29, 0.717) is 12.5 Å². The molecular weight excluding hydrogens is 177 g/mol. The van der Waals surface area contributed by atoms with Gasteiger partial charge >= 0.3 is 0 Å². The lowest BCUT2D eigenvalue weighted by Crippen LogP contribution is -2.51. The molecule has 1 nitrogen and oxygen atoms in total. The fourth-order valence-electron chi connectivity index (χ4n) is 2.87. The topological polar surface area (TPSA) is 3.24 Å². The molecule has 0 N–H and O–H groups in total. The van der Waals surface area contributed by atoms with Gasteiger partial charge in [0.2, 0.25) is 0 Å². The summed E-state index contributed by atoms with van der Waals surface area (Å²) in [6.45, 7) is 10.4. The van der Waals surface area contributed by atoms with Gasteiger partial charge in [-0.2, -0.15) is 0 Å². The summed E-state index contributed by atoms with van der Waals surface area (Å²) in [5.74, 6) is 0.625. The minimum Gasteiger partial charge on any atom is -0.296 e. The van der Waals surface area contributed by atoms with Crippen molar-refractivity contribution in [2.45, 2.75) is 52.2 Å². The summed E-state index contributed by atoms with van der Waals surface area (Å²) in [5.41, 5.74) is 0.214. The molecule has 2 heteroatoms. The molecule has 2 aliphatic rings. The fourth-order valence-corrected chi connectivity index (χ4v) is 2.87. The second-order valence-corrected chi connectivity index (χ2v) is 6.17. The molecule has 3 atom stereocenters. The van der Waals surface area contributed by atoms with Crippen molar-refractivity contribution in [1.29, 1.82) is 0 Å². The Balaban J connectivity index is 2.01. The molecule has 1 aliphatic heterocycles. The van der Waals surface area contributed by atoms with Gasteiger partial charge in [0.25, 0.3) is 0 Å². The van der Waals surface area contributed by atoms with Crippen LogP contribution in [-0.4, -0.2) is 29.7 Å². The molecule has 0 aromatic carbocycles. The molecule has 0 aromatic heterocycles. The Labute approximate surface area is 86.7 Å². The van der Waals surface area contributed by atoms with E-state index in [9.17, 15) is 4.39 Å². The van der Waals surface area contributed by atoms with E-state index in [2.05, 4.69) is 32.6 Å². The molecule has 1 aliphatic carbocycles. The fraction of sp³-hybridized carbons (Fsp3) is 1.00. The van der Waals surface area contributed by atoms with E-state index < -0.39 is 6.17 Å². The number of rotatable bonds is 0. The zero-order valence-electron chi connectivity index (χ0n) is 9.81. The average Bonchev–Trinajstić information content (AvgIpc) is 2.67. The first-order valence-electron chi connectivity index (χ1n) is 5.75. The molecule has 0 amide bonds. The normalized spacial score (nSPS) is 44.4. The minimum atomic E-state index is -0.592. The number of nitrogens with zero attached hydrogens (tertiary/aromatic N) is 1. The summed E-state index contributed by atoms with van der Waals surface area (Å²) in [6, 6.07) is 0. The van der Waals surface area contributed by atoms with Crippen molar-refractivity contribution in [2.24, 2.45) is 11.3 Å². The summed E-state index contributed by atoms with van der Waals surface area (Å²) >= 11 is 0. The highest BCUT2D eigenvalue weighted by atomic mass is 19.1. The first-order chi connectivity index (χ1) is 6.36. The molecular formula is C12H22FN. The Morgan fingerprint density at radius 2 is 1.93 bits per heavy atom. The molecule has 2 fully saturated rings. The lowest BCUT2D eigenvalue weighted by atomic mass is 9.87. The molecule has 0 aromatic rings. The molecule has 14 heavy (non-hydrogen) atoms. The van der Waals surface area contributed by atoms with Crippen LogP contribution in [-0.2, 0) is 0 Å². The van der Waals surface area contributed by atoms with Crippen molar-refractivity contribution in [2.75, 3.05) is 13.1 Å². The number of piperidine rings is 1. The lowest BCUT2D eigenvalue weighted by Gasteiger charge is -2.43. The van der Waals surface area contributed by atoms with Crippen molar-refractivity contribution in [3.63, 3.8) is 0 Å². The zero-order chi connectivity index (χ0) is 10.6. The van der Waals surface area contributed by atoms with Crippen LogP contribution >= 0.6 is 0 Å². The van der Waals surface area contributed by atoms with E-state index in [-0.39, 0.29) is 11.0 Å². The second kappa shape index (κ2) is 2.94. The van der Waals surface area contributed by atoms with E-state index >= 15 is 0 Å². The summed E-state index contributed by atoms with van der Waals surface area (Å²) in [4.78, 5) is 2.29. The molecule has 0 radical (unpaired) electrons. The summed E-state index contributed by atoms with van der Waals surface area (Å²) in [5, 5.41) is 0. The van der Waals surface area contributed by atoms with Crippen molar-refractivity contribution in [3.8, 4) is 0 Å². The van der Waals surface area contributed by atoms with Crippen molar-refractivity contribution in [1.82, 2.24) is 4.90 Å². The van der Waals surface area contributed by atoms with Crippen molar-refractivity contribution in [3.05, 3.63) is 0 Å². The predicted octanol–water partition coefficient (Wildman–Crippen LogP) is 2.85. The van der Waals surface area contributed by atoms with Gasteiger partial charge in [-0.1, -0.05) is 6.92 Å². The number of likely N-dealkylation sites (tertiary alicyclic amines) is 1. The quantitative estimate of drug-likeness (QED) is 0.580. The summed E-state index contributed by atoms with van der Waals surface area (Å²) < 4.78 is 14.0. The molecule has 1 spiro atoms. The van der Waals surface area contributed by atoms with Gasteiger partial charge < -0.3 is 0 Å². The Morgan fingerprint density at radius 3 is 2.29 bits per heavy atom. The maximum atomic E-state index is 14.0. The van der Waals surface area contributed by atoms with E-state index in [4.69, 9.17) is 0 Å². The van der Waals surface area contributed by atoms with Gasteiger partial charge in [-0.15, -0.1) is 0 Å². The maximum Gasteiger partial charge on any atom is 0.119 e. The molecule has 2 rings (SSSR count). The molecule has 0 bridgehead atoms. The Hall–Kier alpha value is -0.110. The number of alkyl halides is 1. The minimum absolute atomic E-state index is 0.0851. The largest absolute Gasteiger partial charge is 0.296 e. The van der Waals surface area contributed by atoms with E-state index in [1.54, 1.807) is 0 Å². The van der Waals surface area contributed by atoms with Gasteiger partial charge in [-0.05, 0) is 46.1 Å². The predicted molar refractivity (Wildman–Crippen MR) is 57.1 cm³/mol.